The molecule has 38 heavy (non-hydrogen) atoms. The Morgan fingerprint density at radius 1 is 1.00 bits per heavy atom. The Bertz CT molecular complexity index is 1310. The van der Waals surface area contributed by atoms with Crippen LogP contribution in [0.2, 0.25) is 5.02 Å². The third-order valence-corrected chi connectivity index (χ3v) is 6.46. The van der Waals surface area contributed by atoms with Crippen molar-refractivity contribution in [2.45, 2.75) is 46.5 Å². The van der Waals surface area contributed by atoms with E-state index < -0.39 is 11.9 Å². The fourth-order valence-electron chi connectivity index (χ4n) is 4.28. The molecule has 0 atom stereocenters. The van der Waals surface area contributed by atoms with Gasteiger partial charge in [-0.1, -0.05) is 86.4 Å². The fourth-order valence-corrected chi connectivity index (χ4v) is 4.87. The number of carbonyl (C=O) groups is 2. The van der Waals surface area contributed by atoms with Crippen LogP contribution in [0.25, 0.3) is 0 Å². The first kappa shape index (κ1) is 29.4. The van der Waals surface area contributed by atoms with Crippen molar-refractivity contribution >= 4 is 45.6 Å². The van der Waals surface area contributed by atoms with Gasteiger partial charge in [0.15, 0.2) is 6.61 Å². The molecule has 0 fully saturated rings. The number of esters is 1. The number of nitrogens with one attached hydrogen (secondary N) is 1. The number of benzene rings is 3. The Balaban J connectivity index is 1.57. The number of carbonyl (C=O) groups excluding carboxylic acids is 2. The summed E-state index contributed by atoms with van der Waals surface area (Å²) in [4.78, 5) is 24.8. The molecule has 0 heterocycles. The highest BCUT2D eigenvalue weighted by molar-refractivity contribution is 9.10. The van der Waals surface area contributed by atoms with Crippen molar-refractivity contribution in [3.63, 3.8) is 0 Å². The van der Waals surface area contributed by atoms with Gasteiger partial charge in [0.05, 0.1) is 16.8 Å². The SMILES string of the molecule is CC(C)(C)CC(C)(C)c1ccc(OCC(=O)N/N=C/c2cc(Br)ccc2OC(=O)c2ccccc2Cl)cc1. The summed E-state index contributed by atoms with van der Waals surface area (Å²) >= 11 is 9.49. The summed E-state index contributed by atoms with van der Waals surface area (Å²) in [5, 5.41) is 4.28. The van der Waals surface area contributed by atoms with Gasteiger partial charge in [-0.15, -0.1) is 0 Å². The minimum absolute atomic E-state index is 0.0237. The highest BCUT2D eigenvalue weighted by atomic mass is 79.9. The Morgan fingerprint density at radius 2 is 1.68 bits per heavy atom. The minimum Gasteiger partial charge on any atom is -0.484 e. The minimum atomic E-state index is -0.599. The topological polar surface area (TPSA) is 77.0 Å². The quantitative estimate of drug-likeness (QED) is 0.119. The molecule has 8 heteroatoms. The molecule has 1 N–H and O–H groups in total. The summed E-state index contributed by atoms with van der Waals surface area (Å²) < 4.78 is 11.9. The van der Waals surface area contributed by atoms with E-state index in [0.29, 0.717) is 16.3 Å². The lowest BCUT2D eigenvalue weighted by molar-refractivity contribution is -0.123. The molecular weight excluding hydrogens is 568 g/mol. The van der Waals surface area contributed by atoms with Gasteiger partial charge in [-0.25, -0.2) is 10.2 Å². The maximum Gasteiger partial charge on any atom is 0.345 e. The van der Waals surface area contributed by atoms with E-state index in [1.165, 1.54) is 11.8 Å². The van der Waals surface area contributed by atoms with Crippen LogP contribution in [-0.2, 0) is 10.2 Å². The van der Waals surface area contributed by atoms with Gasteiger partial charge in [0.25, 0.3) is 5.91 Å². The van der Waals surface area contributed by atoms with Gasteiger partial charge in [-0.2, -0.15) is 5.10 Å². The zero-order valence-electron chi connectivity index (χ0n) is 22.2. The van der Waals surface area contributed by atoms with Gasteiger partial charge < -0.3 is 9.47 Å². The van der Waals surface area contributed by atoms with Crippen molar-refractivity contribution in [1.82, 2.24) is 5.43 Å². The lowest BCUT2D eigenvalue weighted by atomic mass is 9.72. The zero-order chi connectivity index (χ0) is 27.9. The molecule has 1 amide bonds. The normalized spacial score (nSPS) is 11.9. The third kappa shape index (κ3) is 8.71. The number of hydrogen-bond donors (Lipinski definition) is 1. The maximum absolute atomic E-state index is 12.6. The molecule has 0 saturated heterocycles. The van der Waals surface area contributed by atoms with Crippen LogP contribution in [0.1, 0.15) is 62.5 Å². The van der Waals surface area contributed by atoms with Crippen molar-refractivity contribution in [2.75, 3.05) is 6.61 Å². The predicted octanol–water partition coefficient (Wildman–Crippen LogP) is 7.56. The number of amides is 1. The molecule has 0 radical (unpaired) electrons. The summed E-state index contributed by atoms with van der Waals surface area (Å²) in [7, 11) is 0. The van der Waals surface area contributed by atoms with E-state index in [1.54, 1.807) is 42.5 Å². The second kappa shape index (κ2) is 12.6. The van der Waals surface area contributed by atoms with Crippen molar-refractivity contribution < 1.29 is 19.1 Å². The van der Waals surface area contributed by atoms with Crippen LogP contribution in [0.3, 0.4) is 0 Å². The fraction of sp³-hybridized carbons (Fsp3) is 0.300. The van der Waals surface area contributed by atoms with Gasteiger partial charge in [-0.3, -0.25) is 4.79 Å². The number of rotatable bonds is 9. The summed E-state index contributed by atoms with van der Waals surface area (Å²) in [5.41, 5.74) is 4.61. The maximum atomic E-state index is 12.6. The molecule has 3 aromatic carbocycles. The first-order valence-corrected chi connectivity index (χ1v) is 13.3. The van der Waals surface area contributed by atoms with Crippen molar-refractivity contribution in [1.29, 1.82) is 0 Å². The van der Waals surface area contributed by atoms with Crippen LogP contribution in [0, 0.1) is 5.41 Å². The summed E-state index contributed by atoms with van der Waals surface area (Å²) in [6.45, 7) is 11.0. The molecule has 0 aromatic heterocycles. The van der Waals surface area contributed by atoms with Crippen molar-refractivity contribution in [3.05, 3.63) is 92.9 Å². The van der Waals surface area contributed by atoms with Crippen molar-refractivity contribution in [2.24, 2.45) is 10.5 Å². The smallest absolute Gasteiger partial charge is 0.345 e. The molecular formula is C30H32BrClN2O4. The van der Waals surface area contributed by atoms with Crippen LogP contribution >= 0.6 is 27.5 Å². The highest BCUT2D eigenvalue weighted by Crippen LogP contribution is 2.36. The summed E-state index contributed by atoms with van der Waals surface area (Å²) in [6, 6.07) is 19.5. The van der Waals surface area contributed by atoms with E-state index in [0.717, 1.165) is 10.9 Å². The van der Waals surface area contributed by atoms with E-state index >= 15 is 0 Å². The molecule has 0 spiro atoms. The van der Waals surface area contributed by atoms with Crippen LogP contribution in [-0.4, -0.2) is 24.7 Å². The van der Waals surface area contributed by atoms with E-state index in [1.807, 2.05) is 24.3 Å². The van der Waals surface area contributed by atoms with Gasteiger partial charge in [0.2, 0.25) is 0 Å². The molecule has 200 valence electrons. The van der Waals surface area contributed by atoms with E-state index in [4.69, 9.17) is 21.1 Å². The monoisotopic (exact) mass is 598 g/mol. The average Bonchev–Trinajstić information content (AvgIpc) is 2.83. The Labute approximate surface area is 237 Å². The molecule has 6 nitrogen and oxygen atoms in total. The molecule has 3 rings (SSSR count). The number of nitrogens with zero attached hydrogens (tertiary/aromatic N) is 1. The Kier molecular flexibility index (Phi) is 9.74. The molecule has 0 aliphatic carbocycles. The number of hydrazone groups is 1. The largest absolute Gasteiger partial charge is 0.484 e. The third-order valence-electron chi connectivity index (χ3n) is 5.64. The standard InChI is InChI=1S/C30H32BrClN2O4/c1-29(2,3)19-30(4,5)21-10-13-23(14-11-21)37-18-27(35)34-33-17-20-16-22(31)12-15-26(20)38-28(36)24-8-6-7-9-25(24)32/h6-17H,18-19H2,1-5H3,(H,34,35)/b33-17+. The van der Waals surface area contributed by atoms with E-state index in [-0.39, 0.29) is 28.7 Å². The molecule has 0 aliphatic heterocycles. The first-order chi connectivity index (χ1) is 17.8. The van der Waals surface area contributed by atoms with Crippen LogP contribution in [0.4, 0.5) is 0 Å². The predicted molar refractivity (Wildman–Crippen MR) is 155 cm³/mol. The Morgan fingerprint density at radius 3 is 2.34 bits per heavy atom. The van der Waals surface area contributed by atoms with Crippen LogP contribution in [0.15, 0.2) is 76.3 Å². The van der Waals surface area contributed by atoms with Gasteiger partial charge >= 0.3 is 5.97 Å². The Hall–Kier alpha value is -3.16. The lowest BCUT2D eigenvalue weighted by Crippen LogP contribution is -2.25. The number of halogens is 2. The van der Waals surface area contributed by atoms with Crippen LogP contribution in [0.5, 0.6) is 11.5 Å². The number of hydrogen-bond acceptors (Lipinski definition) is 5. The molecule has 0 bridgehead atoms. The van der Waals surface area contributed by atoms with Gasteiger partial charge in [0, 0.05) is 10.0 Å². The second-order valence-electron chi connectivity index (χ2n) is 10.8. The highest BCUT2D eigenvalue weighted by Gasteiger charge is 2.27. The van der Waals surface area contributed by atoms with Gasteiger partial charge in [-0.05, 0) is 65.3 Å². The van der Waals surface area contributed by atoms with E-state index in [9.17, 15) is 9.59 Å². The summed E-state index contributed by atoms with van der Waals surface area (Å²) in [5.74, 6) is -0.164. The molecule has 0 aliphatic rings. The van der Waals surface area contributed by atoms with E-state index in [2.05, 4.69) is 61.1 Å². The lowest BCUT2D eigenvalue weighted by Gasteiger charge is -2.33. The zero-order valence-corrected chi connectivity index (χ0v) is 24.5. The number of ether oxygens (including phenoxy) is 2. The average molecular weight is 600 g/mol. The summed E-state index contributed by atoms with van der Waals surface area (Å²) in [6.07, 6.45) is 2.43. The van der Waals surface area contributed by atoms with Gasteiger partial charge in [0.1, 0.15) is 11.5 Å². The second-order valence-corrected chi connectivity index (χ2v) is 12.1. The molecule has 0 saturated carbocycles. The molecule has 3 aromatic rings. The first-order valence-electron chi connectivity index (χ1n) is 12.2. The van der Waals surface area contributed by atoms with Crippen molar-refractivity contribution in [3.8, 4) is 11.5 Å². The van der Waals surface area contributed by atoms with Crippen LogP contribution < -0.4 is 14.9 Å². The molecule has 0 unspecified atom stereocenters.